The molecule has 0 bridgehead atoms. The van der Waals surface area contributed by atoms with E-state index >= 15 is 0 Å². The lowest BCUT2D eigenvalue weighted by atomic mass is 9.93. The molecule has 1 amide bonds. The number of hydrogen-bond donors (Lipinski definition) is 1. The molecule has 0 unspecified atom stereocenters. The van der Waals surface area contributed by atoms with Gasteiger partial charge in [0.25, 0.3) is 5.91 Å². The molecule has 144 valence electrons. The third-order valence-corrected chi connectivity index (χ3v) is 5.30. The van der Waals surface area contributed by atoms with Crippen molar-refractivity contribution < 1.29 is 9.90 Å². The van der Waals surface area contributed by atoms with E-state index in [0.29, 0.717) is 25.1 Å². The summed E-state index contributed by atoms with van der Waals surface area (Å²) >= 11 is 0. The summed E-state index contributed by atoms with van der Waals surface area (Å²) in [5.74, 6) is 0.720. The highest BCUT2D eigenvalue weighted by atomic mass is 16.3. The van der Waals surface area contributed by atoms with Crippen LogP contribution in [0.15, 0.2) is 60.9 Å². The summed E-state index contributed by atoms with van der Waals surface area (Å²) in [6.07, 6.45) is 2.08. The molecule has 28 heavy (non-hydrogen) atoms. The van der Waals surface area contributed by atoms with Gasteiger partial charge >= 0.3 is 0 Å². The largest absolute Gasteiger partial charge is 0.383 e. The fourth-order valence-electron chi connectivity index (χ4n) is 3.73. The fourth-order valence-corrected chi connectivity index (χ4v) is 3.73. The first kappa shape index (κ1) is 18.4. The lowest BCUT2D eigenvalue weighted by Gasteiger charge is -2.24. The van der Waals surface area contributed by atoms with E-state index in [1.54, 1.807) is 11.2 Å². The lowest BCUT2D eigenvalue weighted by molar-refractivity contribution is 0.0417. The number of likely N-dealkylation sites (tertiary alicyclic amines) is 1. The van der Waals surface area contributed by atoms with Gasteiger partial charge in [-0.15, -0.1) is 0 Å². The number of carbonyl (C=O) groups excluding carboxylic acids is 1. The average molecular weight is 376 g/mol. The summed E-state index contributed by atoms with van der Waals surface area (Å²) in [7, 11) is 0. The van der Waals surface area contributed by atoms with Gasteiger partial charge in [-0.3, -0.25) is 4.79 Å². The number of amides is 1. The molecule has 6 heteroatoms. The first-order chi connectivity index (χ1) is 13.5. The molecule has 3 aromatic rings. The van der Waals surface area contributed by atoms with E-state index in [1.165, 1.54) is 0 Å². The van der Waals surface area contributed by atoms with Crippen molar-refractivity contribution in [3.8, 4) is 11.4 Å². The van der Waals surface area contributed by atoms with Crippen LogP contribution in [-0.4, -0.2) is 43.8 Å². The first-order valence-electron chi connectivity index (χ1n) is 9.55. The minimum absolute atomic E-state index is 0.0660. The monoisotopic (exact) mass is 376 g/mol. The Balaban J connectivity index is 1.51. The van der Waals surface area contributed by atoms with E-state index in [2.05, 4.69) is 23.9 Å². The molecule has 1 N–H and O–H groups in total. The van der Waals surface area contributed by atoms with E-state index in [-0.39, 0.29) is 11.9 Å². The smallest absolute Gasteiger partial charge is 0.253 e. The molecule has 6 nitrogen and oxygen atoms in total. The molecule has 0 radical (unpaired) electrons. The minimum atomic E-state index is -0.982. The van der Waals surface area contributed by atoms with Gasteiger partial charge in [-0.1, -0.05) is 42.5 Å². The SMILES string of the molecule is CC(C)n1ncnc1-c1ccc(C(=O)N2CC[C@](O)(c3ccccc3)C2)cc1. The standard InChI is InChI=1S/C22H24N4O2/c1-16(2)26-20(23-15-24-26)17-8-10-18(11-9-17)21(27)25-13-12-22(28,14-25)19-6-4-3-5-7-19/h3-11,15-16,28H,12-14H2,1-2H3/t22-/m1/s1. The van der Waals surface area contributed by atoms with Gasteiger partial charge in [-0.05, 0) is 38.0 Å². The Morgan fingerprint density at radius 3 is 2.50 bits per heavy atom. The quantitative estimate of drug-likeness (QED) is 0.759. The number of benzene rings is 2. The lowest BCUT2D eigenvalue weighted by Crippen LogP contribution is -2.34. The van der Waals surface area contributed by atoms with Crippen molar-refractivity contribution in [3.05, 3.63) is 72.1 Å². The Labute approximate surface area is 164 Å². The molecular formula is C22H24N4O2. The van der Waals surface area contributed by atoms with Crippen molar-refractivity contribution in [1.82, 2.24) is 19.7 Å². The second kappa shape index (κ2) is 7.20. The maximum Gasteiger partial charge on any atom is 0.253 e. The van der Waals surface area contributed by atoms with E-state index in [4.69, 9.17) is 0 Å². The van der Waals surface area contributed by atoms with Crippen LogP contribution < -0.4 is 0 Å². The molecule has 0 saturated carbocycles. The van der Waals surface area contributed by atoms with Gasteiger partial charge in [0.05, 0.1) is 6.54 Å². The highest BCUT2D eigenvalue weighted by Gasteiger charge is 2.39. The molecule has 2 heterocycles. The Morgan fingerprint density at radius 2 is 1.82 bits per heavy atom. The average Bonchev–Trinajstić information content (AvgIpc) is 3.36. The molecule has 2 aromatic carbocycles. The number of nitrogens with zero attached hydrogens (tertiary/aromatic N) is 4. The molecule has 1 aliphatic rings. The summed E-state index contributed by atoms with van der Waals surface area (Å²) < 4.78 is 1.86. The van der Waals surface area contributed by atoms with Crippen LogP contribution in [0.1, 0.15) is 42.2 Å². The third kappa shape index (κ3) is 3.31. The Bertz CT molecular complexity index is 966. The second-order valence-electron chi connectivity index (χ2n) is 7.57. The van der Waals surface area contributed by atoms with Gasteiger partial charge in [-0.25, -0.2) is 9.67 Å². The third-order valence-electron chi connectivity index (χ3n) is 5.30. The summed E-state index contributed by atoms with van der Waals surface area (Å²) in [6.45, 7) is 4.95. The van der Waals surface area contributed by atoms with Gasteiger partial charge in [-0.2, -0.15) is 5.10 Å². The molecule has 4 rings (SSSR count). The summed E-state index contributed by atoms with van der Waals surface area (Å²) in [5.41, 5.74) is 1.40. The van der Waals surface area contributed by atoms with Crippen LogP contribution in [0.4, 0.5) is 0 Å². The van der Waals surface area contributed by atoms with Crippen molar-refractivity contribution in [2.24, 2.45) is 0 Å². The van der Waals surface area contributed by atoms with Crippen LogP contribution in [0, 0.1) is 0 Å². The summed E-state index contributed by atoms with van der Waals surface area (Å²) in [5, 5.41) is 15.2. The Kier molecular flexibility index (Phi) is 4.73. The molecule has 1 atom stereocenters. The molecule has 1 aromatic heterocycles. The highest BCUT2D eigenvalue weighted by molar-refractivity contribution is 5.95. The van der Waals surface area contributed by atoms with E-state index in [1.807, 2.05) is 59.3 Å². The first-order valence-corrected chi connectivity index (χ1v) is 9.55. The number of β-amino-alcohol motifs (C(OH)–C–C–N with tert-alkyl or cyclic N) is 1. The molecule has 0 aliphatic carbocycles. The van der Waals surface area contributed by atoms with Crippen molar-refractivity contribution >= 4 is 5.91 Å². The minimum Gasteiger partial charge on any atom is -0.383 e. The Morgan fingerprint density at radius 1 is 1.11 bits per heavy atom. The zero-order valence-corrected chi connectivity index (χ0v) is 16.1. The normalized spacial score (nSPS) is 19.4. The number of aromatic nitrogens is 3. The van der Waals surface area contributed by atoms with Gasteiger partial charge in [0, 0.05) is 23.7 Å². The van der Waals surface area contributed by atoms with Crippen LogP contribution >= 0.6 is 0 Å². The second-order valence-corrected chi connectivity index (χ2v) is 7.57. The zero-order valence-electron chi connectivity index (χ0n) is 16.1. The summed E-state index contributed by atoms with van der Waals surface area (Å²) in [4.78, 5) is 19.0. The van der Waals surface area contributed by atoms with Gasteiger partial charge in [0.15, 0.2) is 5.82 Å². The highest BCUT2D eigenvalue weighted by Crippen LogP contribution is 2.32. The fraction of sp³-hybridized carbons (Fsp3) is 0.318. The van der Waals surface area contributed by atoms with Crippen LogP contribution in [0.2, 0.25) is 0 Å². The number of carbonyl (C=O) groups is 1. The van der Waals surface area contributed by atoms with Crippen molar-refractivity contribution in [2.45, 2.75) is 31.9 Å². The molecule has 1 aliphatic heterocycles. The van der Waals surface area contributed by atoms with Crippen molar-refractivity contribution in [3.63, 3.8) is 0 Å². The number of rotatable bonds is 4. The zero-order chi connectivity index (χ0) is 19.7. The van der Waals surface area contributed by atoms with Crippen LogP contribution in [0.25, 0.3) is 11.4 Å². The maximum absolute atomic E-state index is 12.9. The topological polar surface area (TPSA) is 71.2 Å². The van der Waals surface area contributed by atoms with E-state index in [0.717, 1.165) is 17.0 Å². The maximum atomic E-state index is 12.9. The van der Waals surface area contributed by atoms with Gasteiger partial charge in [0.1, 0.15) is 11.9 Å². The van der Waals surface area contributed by atoms with E-state index in [9.17, 15) is 9.90 Å². The van der Waals surface area contributed by atoms with Crippen LogP contribution in [0.3, 0.4) is 0 Å². The molecule has 1 fully saturated rings. The predicted molar refractivity (Wildman–Crippen MR) is 107 cm³/mol. The molecular weight excluding hydrogens is 352 g/mol. The van der Waals surface area contributed by atoms with Gasteiger partial charge < -0.3 is 10.0 Å². The summed E-state index contributed by atoms with van der Waals surface area (Å²) in [6, 6.07) is 17.2. The number of hydrogen-bond acceptors (Lipinski definition) is 4. The molecule has 1 saturated heterocycles. The van der Waals surface area contributed by atoms with Gasteiger partial charge in [0.2, 0.25) is 0 Å². The van der Waals surface area contributed by atoms with Crippen molar-refractivity contribution in [1.29, 1.82) is 0 Å². The molecule has 0 spiro atoms. The number of aliphatic hydroxyl groups is 1. The van der Waals surface area contributed by atoms with Crippen LogP contribution in [-0.2, 0) is 5.60 Å². The Hall–Kier alpha value is -2.99. The predicted octanol–water partition coefficient (Wildman–Crippen LogP) is 3.26. The van der Waals surface area contributed by atoms with E-state index < -0.39 is 5.60 Å². The van der Waals surface area contributed by atoms with Crippen molar-refractivity contribution in [2.75, 3.05) is 13.1 Å². The van der Waals surface area contributed by atoms with Crippen LogP contribution in [0.5, 0.6) is 0 Å².